The molecule has 2 heterocycles. The molecule has 3 rings (SSSR count). The first-order valence-corrected chi connectivity index (χ1v) is 7.67. The van der Waals surface area contributed by atoms with Gasteiger partial charge in [0.1, 0.15) is 5.75 Å². The Morgan fingerprint density at radius 2 is 2.04 bits per heavy atom. The van der Waals surface area contributed by atoms with Crippen molar-refractivity contribution in [1.29, 1.82) is 0 Å². The monoisotopic (exact) mass is 326 g/mol. The molecule has 7 nitrogen and oxygen atoms in total. The van der Waals surface area contributed by atoms with Gasteiger partial charge in [-0.15, -0.1) is 0 Å². The van der Waals surface area contributed by atoms with Crippen molar-refractivity contribution in [1.82, 2.24) is 15.3 Å². The molecule has 1 atom stereocenters. The summed E-state index contributed by atoms with van der Waals surface area (Å²) >= 11 is 0. The molecule has 2 aromatic rings. The summed E-state index contributed by atoms with van der Waals surface area (Å²) in [7, 11) is 0. The summed E-state index contributed by atoms with van der Waals surface area (Å²) in [5.74, 6) is -0.536. The van der Waals surface area contributed by atoms with Crippen LogP contribution in [0.5, 0.6) is 5.75 Å². The lowest BCUT2D eigenvalue weighted by Gasteiger charge is -2.16. The molecule has 1 aromatic carbocycles. The van der Waals surface area contributed by atoms with E-state index in [9.17, 15) is 14.7 Å². The molecule has 0 spiro atoms. The second-order valence-electron chi connectivity index (χ2n) is 5.79. The average Bonchev–Trinajstić information content (AvgIpc) is 2.97. The Labute approximate surface area is 139 Å². The fourth-order valence-corrected chi connectivity index (χ4v) is 2.60. The van der Waals surface area contributed by atoms with Gasteiger partial charge in [0.25, 0.3) is 0 Å². The topological polar surface area (TPSA) is 95.4 Å². The standard InChI is InChI=1S/C17H18N4O3/c1-11-7-19-13(8-18-11)9-20-17(24)12-6-16(23)21(10-12)14-2-4-15(22)5-3-14/h2-5,7-8,12,22H,6,9-10H2,1H3,(H,20,24)/t12-/m1/s1. The maximum Gasteiger partial charge on any atom is 0.227 e. The maximum atomic E-state index is 12.3. The second-order valence-corrected chi connectivity index (χ2v) is 5.79. The van der Waals surface area contributed by atoms with E-state index in [-0.39, 0.29) is 30.5 Å². The van der Waals surface area contributed by atoms with Crippen LogP contribution in [0.4, 0.5) is 5.69 Å². The van der Waals surface area contributed by atoms with Crippen molar-refractivity contribution < 1.29 is 14.7 Å². The minimum absolute atomic E-state index is 0.101. The number of rotatable bonds is 4. The number of benzene rings is 1. The molecule has 0 saturated carbocycles. The molecule has 1 aliphatic heterocycles. The number of amides is 2. The van der Waals surface area contributed by atoms with Crippen LogP contribution in [0, 0.1) is 12.8 Å². The molecule has 7 heteroatoms. The van der Waals surface area contributed by atoms with E-state index in [1.54, 1.807) is 29.4 Å². The molecule has 0 bridgehead atoms. The summed E-state index contributed by atoms with van der Waals surface area (Å²) in [6.07, 6.45) is 3.44. The van der Waals surface area contributed by atoms with Crippen LogP contribution in [0.15, 0.2) is 36.7 Å². The summed E-state index contributed by atoms with van der Waals surface area (Å²) in [4.78, 5) is 34.3. The maximum absolute atomic E-state index is 12.3. The zero-order valence-electron chi connectivity index (χ0n) is 13.3. The van der Waals surface area contributed by atoms with Crippen LogP contribution < -0.4 is 10.2 Å². The van der Waals surface area contributed by atoms with Gasteiger partial charge in [0, 0.05) is 24.8 Å². The lowest BCUT2D eigenvalue weighted by atomic mass is 10.1. The van der Waals surface area contributed by atoms with Crippen molar-refractivity contribution in [2.45, 2.75) is 19.9 Å². The number of phenolic OH excluding ortho intramolecular Hbond substituents is 1. The molecule has 124 valence electrons. The minimum Gasteiger partial charge on any atom is -0.508 e. The predicted molar refractivity (Wildman–Crippen MR) is 87.2 cm³/mol. The van der Waals surface area contributed by atoms with Crippen LogP contribution in [0.3, 0.4) is 0 Å². The van der Waals surface area contributed by atoms with E-state index in [1.807, 2.05) is 6.92 Å². The van der Waals surface area contributed by atoms with E-state index in [0.29, 0.717) is 17.9 Å². The Bertz CT molecular complexity index is 743. The van der Waals surface area contributed by atoms with E-state index >= 15 is 0 Å². The molecule has 1 saturated heterocycles. The van der Waals surface area contributed by atoms with Gasteiger partial charge in [0.05, 0.1) is 30.0 Å². The van der Waals surface area contributed by atoms with E-state index in [0.717, 1.165) is 5.69 Å². The fraction of sp³-hybridized carbons (Fsp3) is 0.294. The molecular formula is C17H18N4O3. The van der Waals surface area contributed by atoms with Crippen LogP contribution in [-0.2, 0) is 16.1 Å². The normalized spacial score (nSPS) is 17.1. The van der Waals surface area contributed by atoms with E-state index in [1.165, 1.54) is 12.1 Å². The number of phenols is 1. The molecule has 2 N–H and O–H groups in total. The number of aromatic hydroxyl groups is 1. The largest absolute Gasteiger partial charge is 0.508 e. The molecule has 0 unspecified atom stereocenters. The van der Waals surface area contributed by atoms with Gasteiger partial charge in [-0.25, -0.2) is 0 Å². The van der Waals surface area contributed by atoms with Crippen molar-refractivity contribution in [3.05, 3.63) is 48.0 Å². The molecule has 0 aliphatic carbocycles. The SMILES string of the molecule is Cc1cnc(CNC(=O)[C@@H]2CC(=O)N(c3ccc(O)cc3)C2)cn1. The van der Waals surface area contributed by atoms with E-state index < -0.39 is 5.92 Å². The third-order valence-corrected chi connectivity index (χ3v) is 3.94. The lowest BCUT2D eigenvalue weighted by Crippen LogP contribution is -2.32. The summed E-state index contributed by atoms with van der Waals surface area (Å²) in [5, 5.41) is 12.1. The van der Waals surface area contributed by atoms with Crippen LogP contribution >= 0.6 is 0 Å². The van der Waals surface area contributed by atoms with Crippen LogP contribution in [-0.4, -0.2) is 33.4 Å². The third kappa shape index (κ3) is 3.51. The van der Waals surface area contributed by atoms with Gasteiger partial charge < -0.3 is 15.3 Å². The molecule has 1 fully saturated rings. The summed E-state index contributed by atoms with van der Waals surface area (Å²) in [6.45, 7) is 2.46. The Kier molecular flexibility index (Phi) is 4.41. The lowest BCUT2D eigenvalue weighted by molar-refractivity contribution is -0.126. The Balaban J connectivity index is 1.59. The fourth-order valence-electron chi connectivity index (χ4n) is 2.60. The third-order valence-electron chi connectivity index (χ3n) is 3.94. The predicted octanol–water partition coefficient (Wildman–Crippen LogP) is 1.16. The quantitative estimate of drug-likeness (QED) is 0.879. The molecule has 24 heavy (non-hydrogen) atoms. The number of carbonyl (C=O) groups is 2. The summed E-state index contributed by atoms with van der Waals surface area (Å²) in [6, 6.07) is 6.36. The van der Waals surface area contributed by atoms with Gasteiger partial charge in [0.2, 0.25) is 11.8 Å². The van der Waals surface area contributed by atoms with Crippen molar-refractivity contribution in [3.63, 3.8) is 0 Å². The minimum atomic E-state index is -0.398. The first-order valence-electron chi connectivity index (χ1n) is 7.67. The van der Waals surface area contributed by atoms with Gasteiger partial charge in [-0.2, -0.15) is 0 Å². The highest BCUT2D eigenvalue weighted by Crippen LogP contribution is 2.26. The van der Waals surface area contributed by atoms with Gasteiger partial charge >= 0.3 is 0 Å². The number of aryl methyl sites for hydroxylation is 1. The summed E-state index contributed by atoms with van der Waals surface area (Å²) in [5.41, 5.74) is 2.17. The van der Waals surface area contributed by atoms with Gasteiger partial charge in [0.15, 0.2) is 0 Å². The average molecular weight is 326 g/mol. The van der Waals surface area contributed by atoms with Crippen molar-refractivity contribution in [2.75, 3.05) is 11.4 Å². The smallest absolute Gasteiger partial charge is 0.227 e. The molecular weight excluding hydrogens is 308 g/mol. The van der Waals surface area contributed by atoms with Crippen molar-refractivity contribution >= 4 is 17.5 Å². The Hall–Kier alpha value is -2.96. The molecule has 0 radical (unpaired) electrons. The first-order chi connectivity index (χ1) is 11.5. The highest BCUT2D eigenvalue weighted by molar-refractivity contribution is 6.00. The number of aromatic nitrogens is 2. The Morgan fingerprint density at radius 3 is 2.71 bits per heavy atom. The van der Waals surface area contributed by atoms with Crippen LogP contribution in [0.1, 0.15) is 17.8 Å². The van der Waals surface area contributed by atoms with Gasteiger partial charge in [-0.1, -0.05) is 0 Å². The number of nitrogens with zero attached hydrogens (tertiary/aromatic N) is 3. The number of nitrogens with one attached hydrogen (secondary N) is 1. The van der Waals surface area contributed by atoms with Crippen molar-refractivity contribution in [2.24, 2.45) is 5.92 Å². The van der Waals surface area contributed by atoms with Crippen LogP contribution in [0.2, 0.25) is 0 Å². The number of hydrogen-bond donors (Lipinski definition) is 2. The molecule has 2 amide bonds. The number of anilines is 1. The number of carbonyl (C=O) groups excluding carboxylic acids is 2. The van der Waals surface area contributed by atoms with E-state index in [4.69, 9.17) is 0 Å². The van der Waals surface area contributed by atoms with Crippen LogP contribution in [0.25, 0.3) is 0 Å². The van der Waals surface area contributed by atoms with Crippen molar-refractivity contribution in [3.8, 4) is 5.75 Å². The second kappa shape index (κ2) is 6.66. The number of hydrogen-bond acceptors (Lipinski definition) is 5. The molecule has 1 aromatic heterocycles. The van der Waals surface area contributed by atoms with E-state index in [2.05, 4.69) is 15.3 Å². The zero-order valence-corrected chi connectivity index (χ0v) is 13.3. The highest BCUT2D eigenvalue weighted by atomic mass is 16.3. The highest BCUT2D eigenvalue weighted by Gasteiger charge is 2.34. The zero-order chi connectivity index (χ0) is 17.1. The Morgan fingerprint density at radius 1 is 1.29 bits per heavy atom. The molecule has 1 aliphatic rings. The van der Waals surface area contributed by atoms with Gasteiger partial charge in [-0.3, -0.25) is 19.6 Å². The van der Waals surface area contributed by atoms with Gasteiger partial charge in [-0.05, 0) is 31.2 Å². The first kappa shape index (κ1) is 15.9. The summed E-state index contributed by atoms with van der Waals surface area (Å²) < 4.78 is 0.